The Balaban J connectivity index is 1.71. The number of aromatic nitrogens is 2. The first-order valence-electron chi connectivity index (χ1n) is 7.61. The smallest absolute Gasteiger partial charge is 0.336 e. The van der Waals surface area contributed by atoms with Crippen LogP contribution in [-0.4, -0.2) is 27.0 Å². The van der Waals surface area contributed by atoms with Crippen molar-refractivity contribution >= 4 is 11.9 Å². The van der Waals surface area contributed by atoms with Crippen molar-refractivity contribution in [2.75, 3.05) is 0 Å². The lowest BCUT2D eigenvalue weighted by atomic mass is 9.99. The summed E-state index contributed by atoms with van der Waals surface area (Å²) in [7, 11) is 0. The van der Waals surface area contributed by atoms with Crippen molar-refractivity contribution in [1.82, 2.24) is 15.3 Å². The van der Waals surface area contributed by atoms with Crippen LogP contribution in [0.15, 0.2) is 67.1 Å². The van der Waals surface area contributed by atoms with Gasteiger partial charge in [-0.3, -0.25) is 9.78 Å². The molecule has 0 spiro atoms. The van der Waals surface area contributed by atoms with Crippen LogP contribution < -0.4 is 5.32 Å². The molecule has 1 aromatic heterocycles. The number of nitrogens with zero attached hydrogens (tertiary/aromatic N) is 2. The van der Waals surface area contributed by atoms with Gasteiger partial charge in [0, 0.05) is 18.9 Å². The van der Waals surface area contributed by atoms with Gasteiger partial charge in [-0.15, -0.1) is 0 Å². The maximum Gasteiger partial charge on any atom is 0.336 e. The van der Waals surface area contributed by atoms with E-state index in [0.717, 1.165) is 11.1 Å². The minimum atomic E-state index is -0.962. The summed E-state index contributed by atoms with van der Waals surface area (Å²) in [6.45, 7) is 0.344. The highest BCUT2D eigenvalue weighted by molar-refractivity contribution is 5.96. The monoisotopic (exact) mass is 333 g/mol. The highest BCUT2D eigenvalue weighted by atomic mass is 16.4. The molecule has 3 rings (SSSR count). The van der Waals surface area contributed by atoms with Gasteiger partial charge in [0.15, 0.2) is 0 Å². The van der Waals surface area contributed by atoms with Gasteiger partial charge < -0.3 is 10.4 Å². The first kappa shape index (κ1) is 16.3. The third-order valence-corrected chi connectivity index (χ3v) is 3.67. The Kier molecular flexibility index (Phi) is 4.80. The molecule has 0 atom stereocenters. The van der Waals surface area contributed by atoms with Crippen molar-refractivity contribution in [1.29, 1.82) is 0 Å². The van der Waals surface area contributed by atoms with E-state index in [9.17, 15) is 14.7 Å². The van der Waals surface area contributed by atoms with E-state index in [1.54, 1.807) is 24.3 Å². The second-order valence-electron chi connectivity index (χ2n) is 5.32. The Morgan fingerprint density at radius 1 is 1.00 bits per heavy atom. The second-order valence-corrected chi connectivity index (χ2v) is 5.32. The molecule has 0 aliphatic rings. The molecule has 25 heavy (non-hydrogen) atoms. The molecule has 0 aliphatic heterocycles. The molecule has 6 nitrogen and oxygen atoms in total. The zero-order valence-electron chi connectivity index (χ0n) is 13.2. The number of carbonyl (C=O) groups is 2. The topological polar surface area (TPSA) is 92.2 Å². The average Bonchev–Trinajstić information content (AvgIpc) is 2.67. The number of hydrogen-bond donors (Lipinski definition) is 2. The zero-order chi connectivity index (χ0) is 17.6. The van der Waals surface area contributed by atoms with Gasteiger partial charge in [-0.05, 0) is 22.8 Å². The van der Waals surface area contributed by atoms with Crippen molar-refractivity contribution in [2.24, 2.45) is 0 Å². The van der Waals surface area contributed by atoms with Gasteiger partial charge in [0.05, 0.1) is 11.8 Å². The van der Waals surface area contributed by atoms with E-state index >= 15 is 0 Å². The van der Waals surface area contributed by atoms with E-state index in [0.29, 0.717) is 12.1 Å². The third kappa shape index (κ3) is 3.87. The summed E-state index contributed by atoms with van der Waals surface area (Å²) in [6.07, 6.45) is 4.37. The molecule has 124 valence electrons. The molecule has 0 radical (unpaired) electrons. The molecule has 1 amide bonds. The van der Waals surface area contributed by atoms with E-state index in [-0.39, 0.29) is 17.2 Å². The largest absolute Gasteiger partial charge is 0.478 e. The fraction of sp³-hybridized carbons (Fsp3) is 0.0526. The van der Waals surface area contributed by atoms with Gasteiger partial charge >= 0.3 is 5.97 Å². The van der Waals surface area contributed by atoms with Crippen LogP contribution in [0.5, 0.6) is 0 Å². The van der Waals surface area contributed by atoms with Crippen molar-refractivity contribution < 1.29 is 14.7 Å². The molecule has 0 bridgehead atoms. The van der Waals surface area contributed by atoms with Crippen LogP contribution in [0.2, 0.25) is 0 Å². The fourth-order valence-electron chi connectivity index (χ4n) is 2.41. The highest BCUT2D eigenvalue weighted by Gasteiger charge is 2.11. The van der Waals surface area contributed by atoms with Crippen LogP contribution in [0, 0.1) is 0 Å². The molecule has 0 saturated heterocycles. The quantitative estimate of drug-likeness (QED) is 0.749. The van der Waals surface area contributed by atoms with Crippen molar-refractivity contribution in [3.63, 3.8) is 0 Å². The predicted octanol–water partition coefficient (Wildman–Crippen LogP) is 2.77. The molecule has 1 heterocycles. The second kappa shape index (κ2) is 7.35. The molecule has 2 aromatic carbocycles. The molecule has 0 fully saturated rings. The normalized spacial score (nSPS) is 10.2. The Morgan fingerprint density at radius 2 is 1.76 bits per heavy atom. The third-order valence-electron chi connectivity index (χ3n) is 3.67. The predicted molar refractivity (Wildman–Crippen MR) is 92.0 cm³/mol. The number of hydrogen-bond acceptors (Lipinski definition) is 4. The van der Waals surface area contributed by atoms with Crippen molar-refractivity contribution in [3.05, 3.63) is 83.9 Å². The summed E-state index contributed by atoms with van der Waals surface area (Å²) in [5.41, 5.74) is 2.88. The molecule has 0 aliphatic carbocycles. The summed E-state index contributed by atoms with van der Waals surface area (Å²) >= 11 is 0. The Labute approximate surface area is 144 Å². The number of benzene rings is 2. The molecular formula is C19H15N3O3. The zero-order valence-corrected chi connectivity index (χ0v) is 13.2. The van der Waals surface area contributed by atoms with Crippen LogP contribution in [0.4, 0.5) is 0 Å². The van der Waals surface area contributed by atoms with Crippen LogP contribution in [0.1, 0.15) is 26.4 Å². The van der Waals surface area contributed by atoms with E-state index in [1.807, 2.05) is 24.3 Å². The van der Waals surface area contributed by atoms with Gasteiger partial charge in [0.2, 0.25) is 0 Å². The number of carboxylic acids is 1. The standard InChI is InChI=1S/C19H15N3O3/c23-18(17-12-20-9-10-21-17)22-11-13-5-7-14(8-6-13)15-3-1-2-4-16(15)19(24)25/h1-10,12H,11H2,(H,22,23)(H,24,25). The number of rotatable bonds is 5. The number of carboxylic acid groups (broad SMARTS) is 1. The van der Waals surface area contributed by atoms with E-state index in [1.165, 1.54) is 18.6 Å². The molecular weight excluding hydrogens is 318 g/mol. The summed E-state index contributed by atoms with van der Waals surface area (Å²) in [5, 5.41) is 12.0. The molecule has 3 aromatic rings. The van der Waals surface area contributed by atoms with Gasteiger partial charge in [-0.2, -0.15) is 0 Å². The maximum absolute atomic E-state index is 11.9. The minimum absolute atomic E-state index is 0.256. The van der Waals surface area contributed by atoms with Crippen LogP contribution in [-0.2, 0) is 6.54 Å². The highest BCUT2D eigenvalue weighted by Crippen LogP contribution is 2.24. The average molecular weight is 333 g/mol. The van der Waals surface area contributed by atoms with Crippen LogP contribution >= 0.6 is 0 Å². The van der Waals surface area contributed by atoms with Gasteiger partial charge in [0.1, 0.15) is 5.69 Å². The SMILES string of the molecule is O=C(NCc1ccc(-c2ccccc2C(=O)O)cc1)c1cnccn1. The van der Waals surface area contributed by atoms with E-state index in [2.05, 4.69) is 15.3 Å². The lowest BCUT2D eigenvalue weighted by Crippen LogP contribution is -2.23. The lowest BCUT2D eigenvalue weighted by Gasteiger charge is -2.08. The van der Waals surface area contributed by atoms with Crippen LogP contribution in [0.25, 0.3) is 11.1 Å². The number of aromatic carboxylic acids is 1. The van der Waals surface area contributed by atoms with E-state index in [4.69, 9.17) is 0 Å². The number of nitrogens with one attached hydrogen (secondary N) is 1. The summed E-state index contributed by atoms with van der Waals surface area (Å²) < 4.78 is 0. The van der Waals surface area contributed by atoms with Gasteiger partial charge in [-0.25, -0.2) is 9.78 Å². The van der Waals surface area contributed by atoms with E-state index < -0.39 is 5.97 Å². The summed E-state index contributed by atoms with van der Waals surface area (Å²) in [6, 6.07) is 14.2. The molecule has 0 unspecified atom stereocenters. The number of carbonyl (C=O) groups excluding carboxylic acids is 1. The molecule has 6 heteroatoms. The molecule has 0 saturated carbocycles. The fourth-order valence-corrected chi connectivity index (χ4v) is 2.41. The van der Waals surface area contributed by atoms with Crippen molar-refractivity contribution in [3.8, 4) is 11.1 Å². The maximum atomic E-state index is 11.9. The Hall–Kier alpha value is -3.54. The lowest BCUT2D eigenvalue weighted by molar-refractivity contribution is 0.0697. The summed E-state index contributed by atoms with van der Waals surface area (Å²) in [5.74, 6) is -1.26. The molecule has 2 N–H and O–H groups in total. The van der Waals surface area contributed by atoms with Crippen LogP contribution in [0.3, 0.4) is 0 Å². The Morgan fingerprint density at radius 3 is 2.44 bits per heavy atom. The Bertz CT molecular complexity index is 893. The van der Waals surface area contributed by atoms with Gasteiger partial charge in [-0.1, -0.05) is 42.5 Å². The minimum Gasteiger partial charge on any atom is -0.478 e. The first-order valence-corrected chi connectivity index (χ1v) is 7.61. The van der Waals surface area contributed by atoms with Crippen molar-refractivity contribution in [2.45, 2.75) is 6.54 Å². The first-order chi connectivity index (χ1) is 12.1. The van der Waals surface area contributed by atoms with Gasteiger partial charge in [0.25, 0.3) is 5.91 Å². The number of amides is 1. The summed E-state index contributed by atoms with van der Waals surface area (Å²) in [4.78, 5) is 31.1.